The molecule has 0 atom stereocenters. The average Bonchev–Trinajstić information content (AvgIpc) is 2.52. The van der Waals surface area contributed by atoms with Crippen LogP contribution in [-0.4, -0.2) is 13.7 Å². The molecule has 2 aromatic carbocycles. The molecule has 20 heavy (non-hydrogen) atoms. The van der Waals surface area contributed by atoms with E-state index in [1.54, 1.807) is 7.11 Å². The smallest absolute Gasteiger partial charge is 0.120 e. The molecule has 0 amide bonds. The van der Waals surface area contributed by atoms with Gasteiger partial charge in [0.15, 0.2) is 0 Å². The van der Waals surface area contributed by atoms with E-state index in [9.17, 15) is 0 Å². The summed E-state index contributed by atoms with van der Waals surface area (Å²) in [5.41, 5.74) is 3.06. The minimum Gasteiger partial charge on any atom is -0.497 e. The summed E-state index contributed by atoms with van der Waals surface area (Å²) < 4.78 is 10.7. The number of hydrogen-bond acceptors (Lipinski definition) is 2. The Bertz CT molecular complexity index is 621. The standard InChI is InChI=1S/C18H18O2/c1-3-20-14-17-9-5-4-8-16(17)12-11-15-7-6-10-18(13-15)19-2/h4-10,13H,3,14H2,1-2H3. The van der Waals surface area contributed by atoms with E-state index in [4.69, 9.17) is 9.47 Å². The third-order valence-electron chi connectivity index (χ3n) is 2.89. The topological polar surface area (TPSA) is 18.5 Å². The van der Waals surface area contributed by atoms with E-state index < -0.39 is 0 Å². The highest BCUT2D eigenvalue weighted by molar-refractivity contribution is 5.47. The molecule has 2 nitrogen and oxygen atoms in total. The Morgan fingerprint density at radius 3 is 2.65 bits per heavy atom. The van der Waals surface area contributed by atoms with Crippen LogP contribution in [0, 0.1) is 11.8 Å². The van der Waals surface area contributed by atoms with Crippen LogP contribution in [0.15, 0.2) is 48.5 Å². The van der Waals surface area contributed by atoms with Crippen molar-refractivity contribution in [1.29, 1.82) is 0 Å². The first-order valence-corrected chi connectivity index (χ1v) is 6.65. The maximum Gasteiger partial charge on any atom is 0.120 e. The molecule has 0 saturated heterocycles. The molecule has 0 fully saturated rings. The van der Waals surface area contributed by atoms with Crippen molar-refractivity contribution < 1.29 is 9.47 Å². The molecule has 2 heteroatoms. The van der Waals surface area contributed by atoms with Crippen molar-refractivity contribution in [2.75, 3.05) is 13.7 Å². The number of rotatable bonds is 4. The summed E-state index contributed by atoms with van der Waals surface area (Å²) in [4.78, 5) is 0. The van der Waals surface area contributed by atoms with E-state index >= 15 is 0 Å². The first kappa shape index (κ1) is 14.2. The predicted octanol–water partition coefficient (Wildman–Crippen LogP) is 3.63. The lowest BCUT2D eigenvalue weighted by Crippen LogP contribution is -1.94. The van der Waals surface area contributed by atoms with Crippen molar-refractivity contribution >= 4 is 0 Å². The molecule has 0 aliphatic rings. The Kier molecular flexibility index (Phi) is 5.23. The zero-order valence-electron chi connectivity index (χ0n) is 11.8. The highest BCUT2D eigenvalue weighted by Crippen LogP contribution is 2.13. The lowest BCUT2D eigenvalue weighted by molar-refractivity contribution is 0.134. The van der Waals surface area contributed by atoms with Crippen LogP contribution in [-0.2, 0) is 11.3 Å². The van der Waals surface area contributed by atoms with Crippen LogP contribution in [0.4, 0.5) is 0 Å². The summed E-state index contributed by atoms with van der Waals surface area (Å²) in [6.07, 6.45) is 0. The van der Waals surface area contributed by atoms with Gasteiger partial charge in [0.1, 0.15) is 5.75 Å². The van der Waals surface area contributed by atoms with E-state index in [0.717, 1.165) is 22.4 Å². The van der Waals surface area contributed by atoms with Gasteiger partial charge < -0.3 is 9.47 Å². The second-order valence-electron chi connectivity index (χ2n) is 4.28. The molecule has 0 aliphatic carbocycles. The molecular weight excluding hydrogens is 248 g/mol. The molecule has 0 radical (unpaired) electrons. The van der Waals surface area contributed by atoms with E-state index in [0.29, 0.717) is 13.2 Å². The highest BCUT2D eigenvalue weighted by atomic mass is 16.5. The van der Waals surface area contributed by atoms with Crippen molar-refractivity contribution in [3.05, 3.63) is 65.2 Å². The van der Waals surface area contributed by atoms with Crippen molar-refractivity contribution in [2.24, 2.45) is 0 Å². The van der Waals surface area contributed by atoms with Crippen LogP contribution in [0.2, 0.25) is 0 Å². The van der Waals surface area contributed by atoms with Gasteiger partial charge in [0.2, 0.25) is 0 Å². The van der Waals surface area contributed by atoms with Gasteiger partial charge in [-0.3, -0.25) is 0 Å². The molecule has 102 valence electrons. The van der Waals surface area contributed by atoms with Crippen molar-refractivity contribution in [3.8, 4) is 17.6 Å². The second-order valence-corrected chi connectivity index (χ2v) is 4.28. The molecule has 0 aromatic heterocycles. The van der Waals surface area contributed by atoms with Crippen LogP contribution in [0.25, 0.3) is 0 Å². The first-order chi connectivity index (χ1) is 9.83. The zero-order chi connectivity index (χ0) is 14.2. The van der Waals surface area contributed by atoms with E-state index in [-0.39, 0.29) is 0 Å². The minimum absolute atomic E-state index is 0.597. The third kappa shape index (κ3) is 3.88. The Morgan fingerprint density at radius 2 is 1.85 bits per heavy atom. The van der Waals surface area contributed by atoms with E-state index in [1.807, 2.05) is 55.5 Å². The fraction of sp³-hybridized carbons (Fsp3) is 0.222. The Hall–Kier alpha value is -2.24. The molecule has 0 saturated carbocycles. The molecule has 0 unspecified atom stereocenters. The van der Waals surface area contributed by atoms with Gasteiger partial charge in [-0.05, 0) is 36.8 Å². The first-order valence-electron chi connectivity index (χ1n) is 6.65. The molecular formula is C18H18O2. The summed E-state index contributed by atoms with van der Waals surface area (Å²) in [5.74, 6) is 7.19. The van der Waals surface area contributed by atoms with Crippen LogP contribution in [0.3, 0.4) is 0 Å². The van der Waals surface area contributed by atoms with Crippen molar-refractivity contribution in [1.82, 2.24) is 0 Å². The summed E-state index contributed by atoms with van der Waals surface area (Å²) in [7, 11) is 1.66. The Labute approximate surface area is 120 Å². The monoisotopic (exact) mass is 266 g/mol. The lowest BCUT2D eigenvalue weighted by Gasteiger charge is -2.04. The van der Waals surface area contributed by atoms with Gasteiger partial charge in [-0.15, -0.1) is 0 Å². The number of hydrogen-bond donors (Lipinski definition) is 0. The van der Waals surface area contributed by atoms with Gasteiger partial charge in [0.25, 0.3) is 0 Å². The van der Waals surface area contributed by atoms with Gasteiger partial charge in [0.05, 0.1) is 13.7 Å². The summed E-state index contributed by atoms with van der Waals surface area (Å²) in [6.45, 7) is 3.29. The summed E-state index contributed by atoms with van der Waals surface area (Å²) in [5, 5.41) is 0. The number of ether oxygens (including phenoxy) is 2. The maximum atomic E-state index is 5.46. The van der Waals surface area contributed by atoms with E-state index in [1.165, 1.54) is 0 Å². The molecule has 2 aromatic rings. The molecule has 0 heterocycles. The van der Waals surface area contributed by atoms with Gasteiger partial charge in [-0.2, -0.15) is 0 Å². The van der Waals surface area contributed by atoms with Crippen LogP contribution >= 0.6 is 0 Å². The quantitative estimate of drug-likeness (QED) is 0.787. The second kappa shape index (κ2) is 7.37. The molecule has 0 N–H and O–H groups in total. The highest BCUT2D eigenvalue weighted by Gasteiger charge is 1.98. The van der Waals surface area contributed by atoms with Gasteiger partial charge in [0, 0.05) is 17.7 Å². The maximum absolute atomic E-state index is 5.46. The SMILES string of the molecule is CCOCc1ccccc1C#Cc1cccc(OC)c1. The summed E-state index contributed by atoms with van der Waals surface area (Å²) >= 11 is 0. The van der Waals surface area contributed by atoms with Crippen LogP contribution in [0.5, 0.6) is 5.75 Å². The number of benzene rings is 2. The van der Waals surface area contributed by atoms with Crippen LogP contribution < -0.4 is 4.74 Å². The predicted molar refractivity (Wildman–Crippen MR) is 80.7 cm³/mol. The van der Waals surface area contributed by atoms with Gasteiger partial charge >= 0.3 is 0 Å². The molecule has 0 spiro atoms. The lowest BCUT2D eigenvalue weighted by atomic mass is 10.1. The largest absolute Gasteiger partial charge is 0.497 e. The molecule has 0 aliphatic heterocycles. The minimum atomic E-state index is 0.597. The third-order valence-corrected chi connectivity index (χ3v) is 2.89. The normalized spacial score (nSPS) is 9.70. The van der Waals surface area contributed by atoms with Crippen LogP contribution in [0.1, 0.15) is 23.6 Å². The Balaban J connectivity index is 2.23. The molecule has 2 rings (SSSR count). The van der Waals surface area contributed by atoms with Crippen molar-refractivity contribution in [3.63, 3.8) is 0 Å². The zero-order valence-corrected chi connectivity index (χ0v) is 11.8. The molecule has 0 bridgehead atoms. The van der Waals surface area contributed by atoms with Crippen molar-refractivity contribution in [2.45, 2.75) is 13.5 Å². The number of methoxy groups -OCH3 is 1. The summed E-state index contributed by atoms with van der Waals surface area (Å²) in [6, 6.07) is 15.8. The van der Waals surface area contributed by atoms with E-state index in [2.05, 4.69) is 11.8 Å². The fourth-order valence-electron chi connectivity index (χ4n) is 1.82. The average molecular weight is 266 g/mol. The van der Waals surface area contributed by atoms with Gasteiger partial charge in [-0.1, -0.05) is 36.1 Å². The fourth-order valence-corrected chi connectivity index (χ4v) is 1.82. The van der Waals surface area contributed by atoms with Gasteiger partial charge in [-0.25, -0.2) is 0 Å². The Morgan fingerprint density at radius 1 is 1.00 bits per heavy atom.